The predicted molar refractivity (Wildman–Crippen MR) is 78.5 cm³/mol. The van der Waals surface area contributed by atoms with Gasteiger partial charge in [-0.25, -0.2) is 0 Å². The molecule has 1 aliphatic heterocycles. The van der Waals surface area contributed by atoms with Crippen molar-refractivity contribution in [2.24, 2.45) is 5.92 Å². The van der Waals surface area contributed by atoms with Crippen LogP contribution in [0.15, 0.2) is 17.5 Å². The molecule has 0 aromatic carbocycles. The average Bonchev–Trinajstić information content (AvgIpc) is 2.94. The van der Waals surface area contributed by atoms with Gasteiger partial charge in [0.1, 0.15) is 0 Å². The number of unbranched alkanes of at least 4 members (excludes halogenated alkanes) is 1. The van der Waals surface area contributed by atoms with Gasteiger partial charge >= 0.3 is 5.97 Å². The zero-order chi connectivity index (χ0) is 13.7. The van der Waals surface area contributed by atoms with Gasteiger partial charge in [0.2, 0.25) is 0 Å². The number of carboxylic acids is 1. The van der Waals surface area contributed by atoms with Gasteiger partial charge in [0.25, 0.3) is 0 Å². The van der Waals surface area contributed by atoms with Gasteiger partial charge in [0, 0.05) is 10.9 Å². The van der Waals surface area contributed by atoms with Crippen LogP contribution in [0.5, 0.6) is 0 Å². The summed E-state index contributed by atoms with van der Waals surface area (Å²) in [5.74, 6) is -0.757. The molecule has 0 radical (unpaired) electrons. The minimum Gasteiger partial charge on any atom is -0.481 e. The quantitative estimate of drug-likeness (QED) is 0.862. The third kappa shape index (κ3) is 3.80. The van der Waals surface area contributed by atoms with E-state index >= 15 is 0 Å². The Morgan fingerprint density at radius 2 is 2.26 bits per heavy atom. The van der Waals surface area contributed by atoms with Crippen LogP contribution in [-0.4, -0.2) is 29.1 Å². The number of nitrogens with zero attached hydrogens (tertiary/aromatic N) is 1. The van der Waals surface area contributed by atoms with Crippen molar-refractivity contribution in [2.75, 3.05) is 13.1 Å². The lowest BCUT2D eigenvalue weighted by atomic mass is 9.94. The summed E-state index contributed by atoms with van der Waals surface area (Å²) in [6.07, 6.45) is 5.23. The fraction of sp³-hybridized carbons (Fsp3) is 0.667. The summed E-state index contributed by atoms with van der Waals surface area (Å²) in [7, 11) is 0. The highest BCUT2D eigenvalue weighted by Gasteiger charge is 2.29. The van der Waals surface area contributed by atoms with Gasteiger partial charge in [0.15, 0.2) is 0 Å². The molecule has 0 amide bonds. The lowest BCUT2D eigenvalue weighted by molar-refractivity contribution is -0.143. The van der Waals surface area contributed by atoms with Crippen LogP contribution in [0.1, 0.15) is 49.9 Å². The molecule has 1 saturated heterocycles. The second-order valence-electron chi connectivity index (χ2n) is 5.32. The van der Waals surface area contributed by atoms with Crippen LogP contribution >= 0.6 is 11.3 Å². The smallest absolute Gasteiger partial charge is 0.306 e. The number of hydrogen-bond acceptors (Lipinski definition) is 3. The molecule has 2 heterocycles. The number of likely N-dealkylation sites (tertiary alicyclic amines) is 1. The van der Waals surface area contributed by atoms with Crippen molar-refractivity contribution in [3.8, 4) is 0 Å². The average molecular weight is 281 g/mol. The molecule has 1 aromatic rings. The van der Waals surface area contributed by atoms with E-state index in [-0.39, 0.29) is 5.92 Å². The minimum atomic E-state index is -0.624. The van der Waals surface area contributed by atoms with Gasteiger partial charge in [-0.05, 0) is 43.8 Å². The van der Waals surface area contributed by atoms with Crippen LogP contribution in [-0.2, 0) is 4.79 Å². The molecule has 0 aliphatic carbocycles. The molecule has 19 heavy (non-hydrogen) atoms. The largest absolute Gasteiger partial charge is 0.481 e. The maximum atomic E-state index is 11.0. The Labute approximate surface area is 119 Å². The molecule has 1 aromatic heterocycles. The summed E-state index contributed by atoms with van der Waals surface area (Å²) in [6.45, 7) is 4.06. The lowest BCUT2D eigenvalue weighted by Gasteiger charge is -2.36. The molecule has 1 unspecified atom stereocenters. The van der Waals surface area contributed by atoms with E-state index in [1.807, 2.05) is 11.3 Å². The van der Waals surface area contributed by atoms with Crippen molar-refractivity contribution in [1.82, 2.24) is 4.90 Å². The molecular weight excluding hydrogens is 258 g/mol. The topological polar surface area (TPSA) is 40.5 Å². The van der Waals surface area contributed by atoms with Gasteiger partial charge in [-0.2, -0.15) is 0 Å². The summed E-state index contributed by atoms with van der Waals surface area (Å²) in [5.41, 5.74) is 0. The fourth-order valence-electron chi connectivity index (χ4n) is 2.84. The first-order valence-corrected chi connectivity index (χ1v) is 8.10. The van der Waals surface area contributed by atoms with Gasteiger partial charge in [-0.1, -0.05) is 25.8 Å². The normalized spacial score (nSPS) is 19.4. The van der Waals surface area contributed by atoms with Gasteiger partial charge < -0.3 is 5.11 Å². The summed E-state index contributed by atoms with van der Waals surface area (Å²) in [5, 5.41) is 11.2. The van der Waals surface area contributed by atoms with Crippen LogP contribution in [0.2, 0.25) is 0 Å². The molecule has 1 fully saturated rings. The van der Waals surface area contributed by atoms with Crippen molar-refractivity contribution >= 4 is 17.3 Å². The van der Waals surface area contributed by atoms with E-state index in [9.17, 15) is 4.79 Å². The van der Waals surface area contributed by atoms with Crippen molar-refractivity contribution in [2.45, 2.75) is 45.1 Å². The highest BCUT2D eigenvalue weighted by molar-refractivity contribution is 7.10. The number of carboxylic acid groups (broad SMARTS) is 1. The predicted octanol–water partition coefficient (Wildman–Crippen LogP) is 3.78. The fourth-order valence-corrected chi connectivity index (χ4v) is 3.74. The minimum absolute atomic E-state index is 0.133. The standard InChI is InChI=1S/C15H23NO2S/c1-2-3-5-13(14-6-4-11-19-14)16-9-7-12(8-10-16)15(17)18/h4,6,11-13H,2-3,5,7-10H2,1H3,(H,17,18). The van der Waals surface area contributed by atoms with E-state index < -0.39 is 5.97 Å². The monoisotopic (exact) mass is 281 g/mol. The third-order valence-corrected chi connectivity index (χ3v) is 5.00. The highest BCUT2D eigenvalue weighted by Crippen LogP contribution is 2.33. The van der Waals surface area contributed by atoms with Crippen LogP contribution in [0.4, 0.5) is 0 Å². The maximum Gasteiger partial charge on any atom is 0.306 e. The van der Waals surface area contributed by atoms with E-state index in [0.717, 1.165) is 25.9 Å². The van der Waals surface area contributed by atoms with E-state index in [0.29, 0.717) is 6.04 Å². The number of aliphatic carboxylic acids is 1. The molecule has 106 valence electrons. The second-order valence-corrected chi connectivity index (χ2v) is 6.30. The Bertz CT molecular complexity index is 383. The molecule has 1 N–H and O–H groups in total. The maximum absolute atomic E-state index is 11.0. The first-order valence-electron chi connectivity index (χ1n) is 7.22. The molecular formula is C15H23NO2S. The van der Waals surface area contributed by atoms with Crippen LogP contribution in [0.3, 0.4) is 0 Å². The molecule has 3 nitrogen and oxygen atoms in total. The summed E-state index contributed by atoms with van der Waals surface area (Å²) in [6, 6.07) is 4.83. The molecule has 0 bridgehead atoms. The Balaban J connectivity index is 1.98. The third-order valence-electron chi connectivity index (χ3n) is 4.02. The molecule has 2 rings (SSSR count). The number of thiophene rings is 1. The Morgan fingerprint density at radius 1 is 1.53 bits per heavy atom. The second kappa shape index (κ2) is 7.06. The zero-order valence-electron chi connectivity index (χ0n) is 11.5. The first kappa shape index (κ1) is 14.5. The number of hydrogen-bond donors (Lipinski definition) is 1. The SMILES string of the molecule is CCCCC(c1cccs1)N1CCC(C(=O)O)CC1. The molecule has 0 spiro atoms. The van der Waals surface area contributed by atoms with Crippen LogP contribution in [0, 0.1) is 5.92 Å². The molecule has 1 aliphatic rings. The molecule has 0 saturated carbocycles. The zero-order valence-corrected chi connectivity index (χ0v) is 12.4. The number of piperidine rings is 1. The lowest BCUT2D eigenvalue weighted by Crippen LogP contribution is -2.38. The van der Waals surface area contributed by atoms with Gasteiger partial charge in [-0.15, -0.1) is 11.3 Å². The van der Waals surface area contributed by atoms with Gasteiger partial charge in [0.05, 0.1) is 5.92 Å². The number of rotatable bonds is 6. The van der Waals surface area contributed by atoms with E-state index in [2.05, 4.69) is 29.3 Å². The van der Waals surface area contributed by atoms with E-state index in [4.69, 9.17) is 5.11 Å². The summed E-state index contributed by atoms with van der Waals surface area (Å²) < 4.78 is 0. The highest BCUT2D eigenvalue weighted by atomic mass is 32.1. The van der Waals surface area contributed by atoms with Gasteiger partial charge in [-0.3, -0.25) is 9.69 Å². The Hall–Kier alpha value is -0.870. The van der Waals surface area contributed by atoms with Crippen molar-refractivity contribution in [3.05, 3.63) is 22.4 Å². The van der Waals surface area contributed by atoms with E-state index in [1.54, 1.807) is 0 Å². The van der Waals surface area contributed by atoms with Crippen LogP contribution < -0.4 is 0 Å². The van der Waals surface area contributed by atoms with E-state index in [1.165, 1.54) is 24.1 Å². The Morgan fingerprint density at radius 3 is 2.79 bits per heavy atom. The van der Waals surface area contributed by atoms with Crippen molar-refractivity contribution in [1.29, 1.82) is 0 Å². The van der Waals surface area contributed by atoms with Crippen LogP contribution in [0.25, 0.3) is 0 Å². The number of carbonyl (C=O) groups is 1. The Kier molecular flexibility index (Phi) is 5.40. The molecule has 4 heteroatoms. The summed E-state index contributed by atoms with van der Waals surface area (Å²) >= 11 is 1.82. The van der Waals surface area contributed by atoms with Crippen molar-refractivity contribution in [3.63, 3.8) is 0 Å². The summed E-state index contributed by atoms with van der Waals surface area (Å²) in [4.78, 5) is 14.9. The molecule has 1 atom stereocenters. The van der Waals surface area contributed by atoms with Crippen molar-refractivity contribution < 1.29 is 9.90 Å². The first-order chi connectivity index (χ1) is 9.22.